The largest absolute Gasteiger partial charge is 0.396 e. The van der Waals surface area contributed by atoms with Crippen molar-refractivity contribution in [1.29, 1.82) is 0 Å². The highest BCUT2D eigenvalue weighted by Crippen LogP contribution is 2.29. The summed E-state index contributed by atoms with van der Waals surface area (Å²) in [5, 5.41) is 4.66. The Morgan fingerprint density at radius 1 is 1.15 bits per heavy atom. The summed E-state index contributed by atoms with van der Waals surface area (Å²) in [5.74, 6) is 0.894. The Hall–Kier alpha value is -1.77. The Bertz CT molecular complexity index is 573. The van der Waals surface area contributed by atoms with Gasteiger partial charge in [-0.2, -0.15) is 0 Å². The molecule has 1 saturated carbocycles. The lowest BCUT2D eigenvalue weighted by molar-refractivity contribution is 0.345. The molecular formula is C17H23N3. The second-order valence-electron chi connectivity index (χ2n) is 5.83. The highest BCUT2D eigenvalue weighted by atomic mass is 14.9. The van der Waals surface area contributed by atoms with Gasteiger partial charge in [-0.05, 0) is 18.4 Å². The van der Waals surface area contributed by atoms with Crippen molar-refractivity contribution in [2.45, 2.75) is 38.5 Å². The van der Waals surface area contributed by atoms with E-state index in [9.17, 15) is 0 Å². The van der Waals surface area contributed by atoms with Crippen LogP contribution in [0, 0.1) is 5.92 Å². The Labute approximate surface area is 120 Å². The first kappa shape index (κ1) is 13.2. The number of nitrogens with one attached hydrogen (secondary N) is 1. The zero-order valence-corrected chi connectivity index (χ0v) is 11.9. The average molecular weight is 269 g/mol. The van der Waals surface area contributed by atoms with E-state index in [0.717, 1.165) is 34.7 Å². The quantitative estimate of drug-likeness (QED) is 0.874. The zero-order chi connectivity index (χ0) is 13.8. The molecule has 2 aromatic rings. The van der Waals surface area contributed by atoms with Gasteiger partial charge in [0.1, 0.15) is 0 Å². The first-order valence-corrected chi connectivity index (χ1v) is 7.71. The summed E-state index contributed by atoms with van der Waals surface area (Å²) in [7, 11) is 0. The lowest BCUT2D eigenvalue weighted by atomic mass is 9.87. The van der Waals surface area contributed by atoms with Gasteiger partial charge >= 0.3 is 0 Å². The summed E-state index contributed by atoms with van der Waals surface area (Å²) in [6.45, 7) is 1.00. The van der Waals surface area contributed by atoms with Crippen LogP contribution in [0.1, 0.15) is 38.5 Å². The van der Waals surface area contributed by atoms with Crippen LogP contribution in [0.25, 0.3) is 10.9 Å². The van der Waals surface area contributed by atoms with E-state index in [4.69, 9.17) is 5.73 Å². The van der Waals surface area contributed by atoms with E-state index in [1.165, 1.54) is 38.5 Å². The van der Waals surface area contributed by atoms with E-state index in [0.29, 0.717) is 0 Å². The minimum absolute atomic E-state index is 0.743. The van der Waals surface area contributed by atoms with Gasteiger partial charge in [0.2, 0.25) is 0 Å². The molecule has 1 aromatic heterocycles. The van der Waals surface area contributed by atoms with Crippen LogP contribution in [0.2, 0.25) is 0 Å². The number of fused-ring (bicyclic) bond motifs is 1. The van der Waals surface area contributed by atoms with Gasteiger partial charge in [-0.3, -0.25) is 4.98 Å². The van der Waals surface area contributed by atoms with Crippen LogP contribution in [0.5, 0.6) is 0 Å². The molecule has 0 saturated heterocycles. The predicted octanol–water partition coefficient (Wildman–Crippen LogP) is 4.20. The maximum atomic E-state index is 6.08. The highest BCUT2D eigenvalue weighted by Gasteiger charge is 2.13. The van der Waals surface area contributed by atoms with Gasteiger partial charge in [0.05, 0.1) is 23.1 Å². The first-order chi connectivity index (χ1) is 9.84. The second-order valence-corrected chi connectivity index (χ2v) is 5.83. The standard InChI is InChI=1S/C17H23N3/c18-15-12-20-16-9-5-4-8-14(16)17(15)19-11-10-13-6-2-1-3-7-13/h4-5,8-9,12-13H,1-3,6-7,10-11,18H2,(H,19,20). The molecule has 0 radical (unpaired) electrons. The number of nitrogen functional groups attached to an aromatic ring is 1. The van der Waals surface area contributed by atoms with E-state index < -0.39 is 0 Å². The molecular weight excluding hydrogens is 246 g/mol. The van der Waals surface area contributed by atoms with Gasteiger partial charge in [0, 0.05) is 11.9 Å². The number of hydrogen-bond acceptors (Lipinski definition) is 3. The number of para-hydroxylation sites is 1. The van der Waals surface area contributed by atoms with Crippen LogP contribution in [0.15, 0.2) is 30.5 Å². The van der Waals surface area contributed by atoms with Gasteiger partial charge in [-0.1, -0.05) is 50.3 Å². The van der Waals surface area contributed by atoms with Crippen molar-refractivity contribution in [2.75, 3.05) is 17.6 Å². The first-order valence-electron chi connectivity index (χ1n) is 7.71. The molecule has 1 aliphatic rings. The summed E-state index contributed by atoms with van der Waals surface area (Å²) in [5.41, 5.74) is 8.87. The molecule has 106 valence electrons. The van der Waals surface area contributed by atoms with Crippen LogP contribution >= 0.6 is 0 Å². The van der Waals surface area contributed by atoms with Crippen molar-refractivity contribution >= 4 is 22.3 Å². The fraction of sp³-hybridized carbons (Fsp3) is 0.471. The molecule has 3 rings (SSSR count). The number of nitrogens with two attached hydrogens (primary N) is 1. The summed E-state index contributed by atoms with van der Waals surface area (Å²) in [6, 6.07) is 8.16. The molecule has 1 aromatic carbocycles. The number of rotatable bonds is 4. The summed E-state index contributed by atoms with van der Waals surface area (Å²) < 4.78 is 0. The second kappa shape index (κ2) is 6.12. The number of pyridine rings is 1. The summed E-state index contributed by atoms with van der Waals surface area (Å²) in [4.78, 5) is 4.37. The van der Waals surface area contributed by atoms with Crippen molar-refractivity contribution in [2.24, 2.45) is 5.92 Å². The monoisotopic (exact) mass is 269 g/mol. The smallest absolute Gasteiger partial charge is 0.0743 e. The van der Waals surface area contributed by atoms with Crippen molar-refractivity contribution in [3.63, 3.8) is 0 Å². The van der Waals surface area contributed by atoms with Gasteiger partial charge in [0.25, 0.3) is 0 Å². The molecule has 1 fully saturated rings. The van der Waals surface area contributed by atoms with Crippen LogP contribution < -0.4 is 11.1 Å². The third kappa shape index (κ3) is 2.87. The molecule has 3 N–H and O–H groups in total. The Kier molecular flexibility index (Phi) is 4.05. The van der Waals surface area contributed by atoms with Gasteiger partial charge in [-0.15, -0.1) is 0 Å². The highest BCUT2D eigenvalue weighted by molar-refractivity contribution is 5.96. The normalized spacial score (nSPS) is 16.4. The van der Waals surface area contributed by atoms with E-state index in [1.807, 2.05) is 18.2 Å². The van der Waals surface area contributed by atoms with Crippen molar-refractivity contribution < 1.29 is 0 Å². The molecule has 1 aliphatic carbocycles. The van der Waals surface area contributed by atoms with Gasteiger partial charge < -0.3 is 11.1 Å². The van der Waals surface area contributed by atoms with E-state index in [1.54, 1.807) is 6.20 Å². The Balaban J connectivity index is 1.68. The molecule has 0 atom stereocenters. The van der Waals surface area contributed by atoms with Crippen LogP contribution in [0.4, 0.5) is 11.4 Å². The van der Waals surface area contributed by atoms with Crippen LogP contribution in [0.3, 0.4) is 0 Å². The maximum Gasteiger partial charge on any atom is 0.0743 e. The molecule has 0 spiro atoms. The zero-order valence-electron chi connectivity index (χ0n) is 11.9. The van der Waals surface area contributed by atoms with E-state index in [-0.39, 0.29) is 0 Å². The number of hydrogen-bond donors (Lipinski definition) is 2. The fourth-order valence-electron chi connectivity index (χ4n) is 3.23. The van der Waals surface area contributed by atoms with Crippen molar-refractivity contribution in [1.82, 2.24) is 4.98 Å². The fourth-order valence-corrected chi connectivity index (χ4v) is 3.23. The molecule has 0 aliphatic heterocycles. The topological polar surface area (TPSA) is 50.9 Å². The molecule has 3 heteroatoms. The number of benzene rings is 1. The van der Waals surface area contributed by atoms with E-state index in [2.05, 4.69) is 16.4 Å². The molecule has 0 amide bonds. The predicted molar refractivity (Wildman–Crippen MR) is 85.8 cm³/mol. The molecule has 0 unspecified atom stereocenters. The molecule has 0 bridgehead atoms. The minimum Gasteiger partial charge on any atom is -0.396 e. The average Bonchev–Trinajstić information content (AvgIpc) is 2.50. The third-order valence-corrected chi connectivity index (χ3v) is 4.38. The van der Waals surface area contributed by atoms with Crippen LogP contribution in [-0.2, 0) is 0 Å². The number of nitrogens with zero attached hydrogens (tertiary/aromatic N) is 1. The lowest BCUT2D eigenvalue weighted by Gasteiger charge is -2.22. The van der Waals surface area contributed by atoms with E-state index >= 15 is 0 Å². The minimum atomic E-state index is 0.743. The van der Waals surface area contributed by atoms with Gasteiger partial charge in [-0.25, -0.2) is 0 Å². The van der Waals surface area contributed by atoms with Crippen LogP contribution in [-0.4, -0.2) is 11.5 Å². The van der Waals surface area contributed by atoms with Gasteiger partial charge in [0.15, 0.2) is 0 Å². The SMILES string of the molecule is Nc1cnc2ccccc2c1NCCC1CCCCC1. The lowest BCUT2D eigenvalue weighted by Crippen LogP contribution is -2.13. The Morgan fingerprint density at radius 2 is 1.95 bits per heavy atom. The molecule has 1 heterocycles. The molecule has 3 nitrogen and oxygen atoms in total. The summed E-state index contributed by atoms with van der Waals surface area (Å²) >= 11 is 0. The molecule has 20 heavy (non-hydrogen) atoms. The number of aromatic nitrogens is 1. The summed E-state index contributed by atoms with van der Waals surface area (Å²) in [6.07, 6.45) is 10.0. The Morgan fingerprint density at radius 3 is 2.80 bits per heavy atom. The third-order valence-electron chi connectivity index (χ3n) is 4.38. The van der Waals surface area contributed by atoms with Crippen molar-refractivity contribution in [3.8, 4) is 0 Å². The maximum absolute atomic E-state index is 6.08. The van der Waals surface area contributed by atoms with Crippen molar-refractivity contribution in [3.05, 3.63) is 30.5 Å². The number of anilines is 2.